The van der Waals surface area contributed by atoms with Gasteiger partial charge in [0, 0.05) is 39.4 Å². The second-order valence-corrected chi connectivity index (χ2v) is 19.5. The maximum atomic E-state index is 15.5. The van der Waals surface area contributed by atoms with Crippen molar-refractivity contribution < 1.29 is 72.1 Å². The standard InChI is InChI=1S/C45H57NO14.C7H8O/c1-24-28(57-39(51)33(48)32(26-17-13-11-14-18-26)46-40(52)60-41(3,4)5)22-45(53)37(58-38(50)27-19-15-12-16-20-27)35-43(8,36(49)34(55-10)31(24)42(45,6)7)29(54-9)21-30-44(35,23-56-30)59-25(2)47;1-8-7-5-3-2-4-6-7/h11-20,28-30,32-35,37,48,53H,21-23H2,1-10H3,(H,46,52);2-6H,1H3/t28-,29-,30+,32-,33+,34+,35-,37-,43+,44-,45+;/m0./s1. The average Bonchev–Trinajstić information content (AvgIpc) is 3.29. The van der Waals surface area contributed by atoms with Gasteiger partial charge in [-0.1, -0.05) is 80.6 Å². The first kappa shape index (κ1) is 51.7. The van der Waals surface area contributed by atoms with Crippen LogP contribution in [0.5, 0.6) is 5.75 Å². The summed E-state index contributed by atoms with van der Waals surface area (Å²) in [6, 6.07) is 24.7. The van der Waals surface area contributed by atoms with Crippen molar-refractivity contribution in [2.45, 2.75) is 128 Å². The van der Waals surface area contributed by atoms with Crippen molar-refractivity contribution >= 4 is 29.8 Å². The Morgan fingerprint density at radius 1 is 0.853 bits per heavy atom. The zero-order valence-electron chi connectivity index (χ0n) is 40.6. The minimum absolute atomic E-state index is 0.121. The Morgan fingerprint density at radius 3 is 1.94 bits per heavy atom. The molecule has 11 atom stereocenters. The SMILES string of the molecule is CO[C@H]1C(=O)[C@]2(C)[C@@H](OC)C[C@H]3OC[C@@]3(OC(C)=O)[C@H]2[C@H](OC(=O)c2ccccc2)[C@]2(O)C[C@H](OC(=O)[C@H](O)[C@@H](NC(=O)OC(C)(C)C)c3ccccc3)C(C)=C1C2(C)C.COc1ccccc1. The zero-order chi connectivity index (χ0) is 50.0. The van der Waals surface area contributed by atoms with Gasteiger partial charge >= 0.3 is 24.0 Å². The number of rotatable bonds is 11. The topological polar surface area (TPSA) is 212 Å². The number of aliphatic hydroxyl groups excluding tert-OH is 1. The maximum Gasteiger partial charge on any atom is 0.408 e. The van der Waals surface area contributed by atoms with Gasteiger partial charge in [-0.3, -0.25) is 9.59 Å². The molecule has 16 heteroatoms. The quantitative estimate of drug-likeness (QED) is 0.110. The summed E-state index contributed by atoms with van der Waals surface area (Å²) in [5.41, 5.74) is -6.72. The number of hydrogen-bond donors (Lipinski definition) is 3. The summed E-state index contributed by atoms with van der Waals surface area (Å²) < 4.78 is 47.3. The molecule has 2 saturated carbocycles. The first-order valence-electron chi connectivity index (χ1n) is 22.6. The van der Waals surface area contributed by atoms with E-state index in [1.807, 2.05) is 30.3 Å². The van der Waals surface area contributed by atoms with Crippen molar-refractivity contribution in [1.29, 1.82) is 0 Å². The summed E-state index contributed by atoms with van der Waals surface area (Å²) in [4.78, 5) is 70.1. The summed E-state index contributed by atoms with van der Waals surface area (Å²) >= 11 is 0. The second-order valence-electron chi connectivity index (χ2n) is 19.5. The molecule has 368 valence electrons. The van der Waals surface area contributed by atoms with E-state index in [1.54, 1.807) is 116 Å². The lowest BCUT2D eigenvalue weighted by molar-refractivity contribution is -0.347. The number of Topliss-reactive ketones (excluding diaryl/α,β-unsaturated/α-hetero) is 1. The smallest absolute Gasteiger partial charge is 0.408 e. The summed E-state index contributed by atoms with van der Waals surface area (Å²) in [6.07, 6.45) is -9.31. The molecule has 1 aliphatic heterocycles. The van der Waals surface area contributed by atoms with Crippen molar-refractivity contribution in [3.8, 4) is 5.75 Å². The largest absolute Gasteiger partial charge is 0.497 e. The third kappa shape index (κ3) is 9.66. The number of benzene rings is 3. The van der Waals surface area contributed by atoms with E-state index >= 15 is 4.79 Å². The van der Waals surface area contributed by atoms with Crippen molar-refractivity contribution in [1.82, 2.24) is 5.32 Å². The van der Waals surface area contributed by atoms with E-state index in [2.05, 4.69) is 5.32 Å². The van der Waals surface area contributed by atoms with Gasteiger partial charge in [-0.2, -0.15) is 0 Å². The van der Waals surface area contributed by atoms with Gasteiger partial charge in [0.2, 0.25) is 0 Å². The van der Waals surface area contributed by atoms with Crippen molar-refractivity contribution in [3.63, 3.8) is 0 Å². The normalized spacial score (nSPS) is 30.1. The number of aliphatic hydroxyl groups is 2. The van der Waals surface area contributed by atoms with E-state index in [0.29, 0.717) is 11.1 Å². The molecule has 3 N–H and O–H groups in total. The Morgan fingerprint density at radius 2 is 1.44 bits per heavy atom. The molecule has 3 aromatic carbocycles. The molecule has 0 spiro atoms. The van der Waals surface area contributed by atoms with Crippen LogP contribution in [0.1, 0.15) is 90.2 Å². The minimum atomic E-state index is -2.22. The number of carbonyl (C=O) groups excluding carboxylic acids is 5. The van der Waals surface area contributed by atoms with Crippen LogP contribution in [-0.2, 0) is 47.5 Å². The fourth-order valence-electron chi connectivity index (χ4n) is 10.6. The van der Waals surface area contributed by atoms with Crippen LogP contribution < -0.4 is 10.1 Å². The highest BCUT2D eigenvalue weighted by atomic mass is 16.6. The van der Waals surface area contributed by atoms with Gasteiger partial charge in [0.25, 0.3) is 0 Å². The van der Waals surface area contributed by atoms with Gasteiger partial charge in [-0.05, 0) is 75.6 Å². The zero-order valence-corrected chi connectivity index (χ0v) is 40.6. The highest BCUT2D eigenvalue weighted by Crippen LogP contribution is 2.64. The summed E-state index contributed by atoms with van der Waals surface area (Å²) in [5.74, 6) is -3.61. The lowest BCUT2D eigenvalue weighted by Gasteiger charge is -2.67. The number of ether oxygens (including phenoxy) is 8. The molecule has 2 bridgehead atoms. The summed E-state index contributed by atoms with van der Waals surface area (Å²) in [6.45, 7) is 12.7. The maximum absolute atomic E-state index is 15.5. The lowest BCUT2D eigenvalue weighted by Crippen LogP contribution is -2.82. The third-order valence-corrected chi connectivity index (χ3v) is 14.0. The molecular weight excluding hydrogens is 879 g/mol. The highest BCUT2D eigenvalue weighted by molar-refractivity contribution is 5.94. The second kappa shape index (κ2) is 20.1. The minimum Gasteiger partial charge on any atom is -0.497 e. The van der Waals surface area contributed by atoms with Crippen molar-refractivity contribution in [3.05, 3.63) is 113 Å². The fraction of sp³-hybridized carbons (Fsp3) is 0.519. The van der Waals surface area contributed by atoms with Gasteiger partial charge < -0.3 is 53.4 Å². The van der Waals surface area contributed by atoms with Crippen LogP contribution >= 0.6 is 0 Å². The number of para-hydroxylation sites is 1. The van der Waals surface area contributed by atoms with E-state index in [9.17, 15) is 29.4 Å². The summed E-state index contributed by atoms with van der Waals surface area (Å²) in [5, 5.41) is 28.0. The Hall–Kier alpha value is -5.65. The Kier molecular flexibility index (Phi) is 15.3. The van der Waals surface area contributed by atoms with E-state index in [1.165, 1.54) is 21.1 Å². The molecule has 3 aliphatic carbocycles. The van der Waals surface area contributed by atoms with Crippen LogP contribution in [0.3, 0.4) is 0 Å². The number of carbonyl (C=O) groups is 5. The molecule has 0 radical (unpaired) electrons. The third-order valence-electron chi connectivity index (χ3n) is 14.0. The molecule has 1 heterocycles. The average molecular weight is 944 g/mol. The van der Waals surface area contributed by atoms with Gasteiger partial charge in [0.05, 0.1) is 42.8 Å². The molecule has 7 rings (SSSR count). The summed E-state index contributed by atoms with van der Waals surface area (Å²) in [7, 11) is 4.45. The van der Waals surface area contributed by atoms with E-state index < -0.39 is 112 Å². The molecule has 3 fully saturated rings. The molecule has 4 aliphatic rings. The van der Waals surface area contributed by atoms with Gasteiger partial charge in [-0.15, -0.1) is 0 Å². The van der Waals surface area contributed by atoms with E-state index in [4.69, 9.17) is 37.9 Å². The Labute approximate surface area is 397 Å². The Balaban J connectivity index is 0.000000861. The number of amides is 1. The van der Waals surface area contributed by atoms with Crippen molar-refractivity contribution in [2.24, 2.45) is 16.7 Å². The fourth-order valence-corrected chi connectivity index (χ4v) is 10.6. The molecule has 0 unspecified atom stereocenters. The molecule has 1 amide bonds. The molecule has 16 nitrogen and oxygen atoms in total. The number of alkyl carbamates (subject to hydrolysis) is 1. The van der Waals surface area contributed by atoms with Crippen molar-refractivity contribution in [2.75, 3.05) is 27.9 Å². The number of hydrogen-bond acceptors (Lipinski definition) is 15. The molecule has 0 aromatic heterocycles. The number of esters is 3. The van der Waals surface area contributed by atoms with Crippen LogP contribution in [0.15, 0.2) is 102 Å². The number of methoxy groups -OCH3 is 3. The van der Waals surface area contributed by atoms with Gasteiger partial charge in [0.15, 0.2) is 17.5 Å². The van der Waals surface area contributed by atoms with Crippen LogP contribution in [0, 0.1) is 16.7 Å². The lowest BCUT2D eigenvalue weighted by atomic mass is 9.44. The Bertz CT molecular complexity index is 2330. The predicted octanol–water partition coefficient (Wildman–Crippen LogP) is 6.26. The molecule has 1 saturated heterocycles. The monoisotopic (exact) mass is 943 g/mol. The van der Waals surface area contributed by atoms with E-state index in [0.717, 1.165) is 5.75 Å². The van der Waals surface area contributed by atoms with Crippen LogP contribution in [0.25, 0.3) is 0 Å². The molecular formula is C52H65NO15. The predicted molar refractivity (Wildman–Crippen MR) is 246 cm³/mol. The number of ketones is 1. The van der Waals surface area contributed by atoms with E-state index in [-0.39, 0.29) is 24.2 Å². The van der Waals surface area contributed by atoms with Crippen LogP contribution in [0.2, 0.25) is 0 Å². The number of fused-ring (bicyclic) bond motifs is 5. The molecule has 3 aromatic rings. The van der Waals surface area contributed by atoms with Crippen LogP contribution in [0.4, 0.5) is 4.79 Å². The first-order valence-corrected chi connectivity index (χ1v) is 22.6. The first-order chi connectivity index (χ1) is 32.0. The molecule has 68 heavy (non-hydrogen) atoms. The number of nitrogens with one attached hydrogen (secondary N) is 1. The van der Waals surface area contributed by atoms with Gasteiger partial charge in [-0.25, -0.2) is 14.4 Å². The van der Waals surface area contributed by atoms with Gasteiger partial charge in [0.1, 0.15) is 41.4 Å². The van der Waals surface area contributed by atoms with Crippen LogP contribution in [-0.4, -0.2) is 121 Å². The highest BCUT2D eigenvalue weighted by Gasteiger charge is 2.78.